The molecule has 0 aliphatic rings. The fourth-order valence-electron chi connectivity index (χ4n) is 4.36. The molecule has 51 heavy (non-hydrogen) atoms. The zero-order chi connectivity index (χ0) is 36.7. The predicted molar refractivity (Wildman–Crippen MR) is 201 cm³/mol. The second-order valence-electron chi connectivity index (χ2n) is 11.4. The molecule has 0 bridgehead atoms. The van der Waals surface area contributed by atoms with Crippen molar-refractivity contribution < 1.29 is 25.2 Å². The largest absolute Gasteiger partial charge is 0.379 e. The first-order valence-corrected chi connectivity index (χ1v) is 19.3. The molecule has 8 nitrogen and oxygen atoms in total. The molecule has 264 valence electrons. The average Bonchev–Trinajstić information content (AvgIpc) is 3.14. The summed E-state index contributed by atoms with van der Waals surface area (Å²) >= 11 is 5.46. The summed E-state index contributed by atoms with van der Waals surface area (Å²) in [5.74, 6) is 1.13. The lowest BCUT2D eigenvalue weighted by Gasteiger charge is -2.08. The Bertz CT molecular complexity index is 2150. The minimum absolute atomic E-state index is 0.150. The van der Waals surface area contributed by atoms with E-state index in [0.29, 0.717) is 17.4 Å². The number of alkyl halides is 1. The standard InChI is InChI=1S/C20H19NO3S.C14H14O3S.C6H6ClN/c1-16-5-13-20(14-6-16)25(22,23)24-19-11-8-17(9-12-19)7-10-18-4-2-3-15-21-18;1-11-3-7-13(8-4-11)17-18(15,16)14-9-5-12(2)6-10-14;7-5-6-3-1-2-4-8-6/h2-6,8-9,11-15H,7,10H2,1H3;3-10H,1-2H3;1-4H,5H2. The highest BCUT2D eigenvalue weighted by Gasteiger charge is 2.17. The predicted octanol–water partition coefficient (Wildman–Crippen LogP) is 8.83. The van der Waals surface area contributed by atoms with Crippen LogP contribution in [0.2, 0.25) is 0 Å². The number of aryl methyl sites for hydroxylation is 5. The van der Waals surface area contributed by atoms with E-state index < -0.39 is 20.2 Å². The number of pyridine rings is 2. The molecule has 0 saturated carbocycles. The van der Waals surface area contributed by atoms with E-state index in [1.54, 1.807) is 97.3 Å². The Morgan fingerprint density at radius 2 is 0.882 bits per heavy atom. The minimum atomic E-state index is -3.81. The highest BCUT2D eigenvalue weighted by molar-refractivity contribution is 7.87. The van der Waals surface area contributed by atoms with Crippen molar-refractivity contribution in [3.05, 3.63) is 179 Å². The van der Waals surface area contributed by atoms with Crippen LogP contribution in [0.5, 0.6) is 11.5 Å². The first-order valence-electron chi connectivity index (χ1n) is 16.0. The quantitative estimate of drug-likeness (QED) is 0.101. The first-order chi connectivity index (χ1) is 24.4. The molecule has 0 amide bonds. The third-order valence-electron chi connectivity index (χ3n) is 7.23. The summed E-state index contributed by atoms with van der Waals surface area (Å²) in [6, 6.07) is 38.7. The molecule has 0 N–H and O–H groups in total. The SMILES string of the molecule is Cc1ccc(OS(=O)(=O)c2ccc(C)cc2)cc1.Cc1ccc(S(=O)(=O)Oc2ccc(CCc3ccccn3)cc2)cc1.ClCc1ccccn1. The van der Waals surface area contributed by atoms with E-state index in [2.05, 4.69) is 9.97 Å². The highest BCUT2D eigenvalue weighted by atomic mass is 35.5. The van der Waals surface area contributed by atoms with Crippen LogP contribution in [-0.4, -0.2) is 26.8 Å². The van der Waals surface area contributed by atoms with Gasteiger partial charge in [-0.15, -0.1) is 11.6 Å². The highest BCUT2D eigenvalue weighted by Crippen LogP contribution is 2.21. The van der Waals surface area contributed by atoms with Crippen molar-refractivity contribution in [1.82, 2.24) is 9.97 Å². The van der Waals surface area contributed by atoms with E-state index >= 15 is 0 Å². The van der Waals surface area contributed by atoms with Gasteiger partial charge >= 0.3 is 20.2 Å². The monoisotopic (exact) mass is 742 g/mol. The number of rotatable bonds is 10. The lowest BCUT2D eigenvalue weighted by molar-refractivity contribution is 0.484. The molecule has 0 aliphatic heterocycles. The van der Waals surface area contributed by atoms with Crippen LogP contribution in [-0.2, 0) is 39.0 Å². The van der Waals surface area contributed by atoms with Gasteiger partial charge in [-0.05, 0) is 112 Å². The molecular formula is C40H39ClN2O6S2. The summed E-state index contributed by atoms with van der Waals surface area (Å²) in [4.78, 5) is 8.57. The fraction of sp³-hybridized carbons (Fsp3) is 0.150. The average molecular weight is 743 g/mol. The molecule has 0 radical (unpaired) electrons. The Morgan fingerprint density at radius 1 is 0.490 bits per heavy atom. The summed E-state index contributed by atoms with van der Waals surface area (Å²) in [6.45, 7) is 5.73. The molecule has 4 aromatic carbocycles. The molecular weight excluding hydrogens is 704 g/mol. The smallest absolute Gasteiger partial charge is 0.339 e. The summed E-state index contributed by atoms with van der Waals surface area (Å²) in [6.07, 6.45) is 5.19. The van der Waals surface area contributed by atoms with Gasteiger partial charge in [-0.25, -0.2) is 0 Å². The number of benzene rings is 4. The molecule has 2 heterocycles. The van der Waals surface area contributed by atoms with Crippen LogP contribution in [0.3, 0.4) is 0 Å². The van der Waals surface area contributed by atoms with Crippen molar-refractivity contribution in [2.24, 2.45) is 0 Å². The van der Waals surface area contributed by atoms with Gasteiger partial charge in [-0.2, -0.15) is 16.8 Å². The number of hydrogen-bond donors (Lipinski definition) is 0. The molecule has 0 fully saturated rings. The topological polar surface area (TPSA) is 113 Å². The van der Waals surface area contributed by atoms with E-state index in [1.165, 1.54) is 0 Å². The van der Waals surface area contributed by atoms with Crippen LogP contribution in [0.1, 0.15) is 33.6 Å². The van der Waals surface area contributed by atoms with Crippen molar-refractivity contribution in [2.75, 3.05) is 0 Å². The van der Waals surface area contributed by atoms with Gasteiger partial charge in [0, 0.05) is 18.1 Å². The summed E-state index contributed by atoms with van der Waals surface area (Å²) in [5, 5.41) is 0. The molecule has 0 atom stereocenters. The molecule has 6 aromatic rings. The normalized spacial score (nSPS) is 10.9. The zero-order valence-electron chi connectivity index (χ0n) is 28.5. The van der Waals surface area contributed by atoms with Crippen molar-refractivity contribution >= 4 is 31.8 Å². The van der Waals surface area contributed by atoms with Gasteiger partial charge in [0.2, 0.25) is 0 Å². The van der Waals surface area contributed by atoms with Gasteiger partial charge in [0.15, 0.2) is 0 Å². The Balaban J connectivity index is 0.000000194. The lowest BCUT2D eigenvalue weighted by Crippen LogP contribution is -2.09. The van der Waals surface area contributed by atoms with Crippen molar-refractivity contribution in [2.45, 2.75) is 49.3 Å². The van der Waals surface area contributed by atoms with E-state index in [1.807, 2.05) is 69.3 Å². The number of nitrogens with zero attached hydrogens (tertiary/aromatic N) is 2. The number of hydrogen-bond acceptors (Lipinski definition) is 8. The van der Waals surface area contributed by atoms with Crippen LogP contribution in [0, 0.1) is 20.8 Å². The van der Waals surface area contributed by atoms with Crippen LogP contribution in [0.4, 0.5) is 0 Å². The molecule has 0 unspecified atom stereocenters. The maximum atomic E-state index is 12.3. The van der Waals surface area contributed by atoms with Gasteiger partial charge in [-0.1, -0.05) is 77.4 Å². The Hall–Kier alpha value is -5.03. The van der Waals surface area contributed by atoms with Crippen LogP contribution >= 0.6 is 11.6 Å². The maximum absolute atomic E-state index is 12.3. The second kappa shape index (κ2) is 18.8. The molecule has 0 spiro atoms. The summed E-state index contributed by atoms with van der Waals surface area (Å²) in [5.41, 5.74) is 6.11. The lowest BCUT2D eigenvalue weighted by atomic mass is 10.1. The first kappa shape index (κ1) is 38.8. The Morgan fingerprint density at radius 3 is 1.25 bits per heavy atom. The number of aromatic nitrogens is 2. The number of halogens is 1. The van der Waals surface area contributed by atoms with E-state index in [9.17, 15) is 16.8 Å². The van der Waals surface area contributed by atoms with Crippen molar-refractivity contribution in [3.63, 3.8) is 0 Å². The van der Waals surface area contributed by atoms with Crippen molar-refractivity contribution in [1.29, 1.82) is 0 Å². The van der Waals surface area contributed by atoms with Crippen LogP contribution in [0.25, 0.3) is 0 Å². The second-order valence-corrected chi connectivity index (χ2v) is 14.8. The molecule has 6 rings (SSSR count). The minimum Gasteiger partial charge on any atom is -0.379 e. The Kier molecular flexibility index (Phi) is 14.3. The summed E-state index contributed by atoms with van der Waals surface area (Å²) < 4.78 is 58.8. The fourth-order valence-corrected chi connectivity index (χ4v) is 6.38. The Labute approximate surface area is 306 Å². The van der Waals surface area contributed by atoms with E-state index in [-0.39, 0.29) is 9.79 Å². The summed E-state index contributed by atoms with van der Waals surface area (Å²) in [7, 11) is -7.55. The van der Waals surface area contributed by atoms with Gasteiger partial charge in [0.05, 0.1) is 11.6 Å². The molecule has 2 aromatic heterocycles. The third kappa shape index (κ3) is 13.0. The zero-order valence-corrected chi connectivity index (χ0v) is 30.9. The van der Waals surface area contributed by atoms with Gasteiger partial charge in [-0.3, -0.25) is 9.97 Å². The third-order valence-corrected chi connectivity index (χ3v) is 10.0. The van der Waals surface area contributed by atoms with Gasteiger partial charge < -0.3 is 8.37 Å². The van der Waals surface area contributed by atoms with Gasteiger partial charge in [0.25, 0.3) is 0 Å². The van der Waals surface area contributed by atoms with Crippen molar-refractivity contribution in [3.8, 4) is 11.5 Å². The molecule has 11 heteroatoms. The van der Waals surface area contributed by atoms with Crippen LogP contribution < -0.4 is 8.37 Å². The maximum Gasteiger partial charge on any atom is 0.339 e. The molecule has 0 aliphatic carbocycles. The molecule has 0 saturated heterocycles. The van der Waals surface area contributed by atoms with E-state index in [0.717, 1.165) is 46.5 Å². The van der Waals surface area contributed by atoms with Crippen LogP contribution in [0.15, 0.2) is 156 Å². The van der Waals surface area contributed by atoms with Gasteiger partial charge in [0.1, 0.15) is 21.3 Å². The van der Waals surface area contributed by atoms with E-state index in [4.69, 9.17) is 20.0 Å².